The molecule has 3 fully saturated rings. The van der Waals surface area contributed by atoms with E-state index in [0.29, 0.717) is 29.7 Å². The number of imide groups is 2. The number of piperidine rings is 3. The number of carbonyl (C=O) groups excluding carboxylic acids is 4. The fraction of sp³-hybridized carbons (Fsp3) is 0.375. The molecule has 2 N–H and O–H groups in total. The van der Waals surface area contributed by atoms with Crippen LogP contribution in [0.1, 0.15) is 89.3 Å². The molecule has 4 aliphatic rings. The van der Waals surface area contributed by atoms with E-state index >= 15 is 0 Å². The van der Waals surface area contributed by atoms with Crippen LogP contribution in [-0.2, 0) is 9.59 Å². The van der Waals surface area contributed by atoms with Crippen molar-refractivity contribution in [3.8, 4) is 5.75 Å². The molecule has 4 heterocycles. The maximum atomic E-state index is 13.4. The van der Waals surface area contributed by atoms with Crippen LogP contribution in [0.5, 0.6) is 5.75 Å². The number of likely N-dealkylation sites (tertiary alicyclic amines) is 1. The van der Waals surface area contributed by atoms with Gasteiger partial charge in [-0.05, 0) is 122 Å². The summed E-state index contributed by atoms with van der Waals surface area (Å²) in [5, 5.41) is 6.11. The lowest BCUT2D eigenvalue weighted by Crippen LogP contribution is -2.54. The number of nitrogens with zero attached hydrogens (tertiary/aromatic N) is 3. The normalized spacial score (nSPS) is 20.8. The number of anilines is 1. The van der Waals surface area contributed by atoms with Gasteiger partial charge in [0.2, 0.25) is 11.8 Å². The molecule has 300 valence electrons. The van der Waals surface area contributed by atoms with Crippen LogP contribution in [0.15, 0.2) is 103 Å². The van der Waals surface area contributed by atoms with E-state index < -0.39 is 23.8 Å². The summed E-state index contributed by atoms with van der Waals surface area (Å²) >= 11 is 0. The summed E-state index contributed by atoms with van der Waals surface area (Å²) in [5.74, 6) is -0.398. The quantitative estimate of drug-likeness (QED) is 0.113. The summed E-state index contributed by atoms with van der Waals surface area (Å²) in [5.41, 5.74) is 7.79. The number of rotatable bonds is 13. The third-order valence-electron chi connectivity index (χ3n) is 12.3. The molecule has 0 radical (unpaired) electrons. The highest BCUT2D eigenvalue weighted by Gasteiger charge is 2.45. The van der Waals surface area contributed by atoms with Gasteiger partial charge < -0.3 is 15.0 Å². The Hall–Kier alpha value is -5.58. The third-order valence-corrected chi connectivity index (χ3v) is 12.3. The van der Waals surface area contributed by atoms with Crippen molar-refractivity contribution in [2.24, 2.45) is 5.92 Å². The summed E-state index contributed by atoms with van der Waals surface area (Å²) in [6, 6.07) is 34.7. The van der Waals surface area contributed by atoms with Gasteiger partial charge in [0.05, 0.1) is 11.1 Å². The van der Waals surface area contributed by atoms with E-state index in [0.717, 1.165) is 87.7 Å². The highest BCUT2D eigenvalue weighted by Crippen LogP contribution is 2.35. The molecule has 10 nitrogen and oxygen atoms in total. The zero-order chi connectivity index (χ0) is 40.0. The van der Waals surface area contributed by atoms with Crippen LogP contribution >= 0.6 is 0 Å². The summed E-state index contributed by atoms with van der Waals surface area (Å²) in [6.45, 7) is 8.60. The smallest absolute Gasteiger partial charge is 0.262 e. The molecular weight excluding hydrogens is 727 g/mol. The van der Waals surface area contributed by atoms with Gasteiger partial charge in [0, 0.05) is 37.8 Å². The molecule has 4 aliphatic heterocycles. The second-order valence-corrected chi connectivity index (χ2v) is 16.0. The number of amides is 4. The first-order valence-electron chi connectivity index (χ1n) is 21.0. The van der Waals surface area contributed by atoms with Gasteiger partial charge in [0.15, 0.2) is 0 Å². The monoisotopic (exact) mass is 779 g/mol. The Morgan fingerprint density at radius 3 is 2.16 bits per heavy atom. The van der Waals surface area contributed by atoms with Crippen LogP contribution in [0.2, 0.25) is 0 Å². The SMILES string of the molecule is CCC(=C(c1ccccc1)c1ccc(OCCN2CCC(CN[C@@H]3CCCN(c4ccc5c(c4)C(=O)N(C4CCC(=O)NC4=O)C5=O)C3)CC2)cc1)c1ccccc1. The Kier molecular flexibility index (Phi) is 12.1. The van der Waals surface area contributed by atoms with Gasteiger partial charge in [-0.2, -0.15) is 0 Å². The Balaban J connectivity index is 0.790. The van der Waals surface area contributed by atoms with Crippen LogP contribution in [0.3, 0.4) is 0 Å². The number of benzene rings is 4. The van der Waals surface area contributed by atoms with Crippen molar-refractivity contribution in [1.82, 2.24) is 20.4 Å². The number of allylic oxidation sites excluding steroid dienone is 1. The number of fused-ring (bicyclic) bond motifs is 1. The maximum Gasteiger partial charge on any atom is 0.262 e. The lowest BCUT2D eigenvalue weighted by Gasteiger charge is -2.37. The summed E-state index contributed by atoms with van der Waals surface area (Å²) in [4.78, 5) is 56.5. The van der Waals surface area contributed by atoms with Crippen molar-refractivity contribution in [1.29, 1.82) is 0 Å². The van der Waals surface area contributed by atoms with Crippen molar-refractivity contribution in [2.45, 2.75) is 64.0 Å². The minimum atomic E-state index is -0.960. The Bertz CT molecular complexity index is 2150. The molecular formula is C48H53N5O5. The molecule has 3 saturated heterocycles. The van der Waals surface area contributed by atoms with Gasteiger partial charge in [-0.15, -0.1) is 0 Å². The topological polar surface area (TPSA) is 111 Å². The summed E-state index contributed by atoms with van der Waals surface area (Å²) in [6.07, 6.45) is 5.61. The molecule has 4 aromatic carbocycles. The molecule has 0 aromatic heterocycles. The standard InChI is InChI=1S/C48H53N5O5/c1-2-40(34-10-5-3-6-11-34)45(35-12-7-4-8-13-35)36-15-18-39(19-16-36)58-29-28-51-26-23-33(24-27-51)31-49-37-14-9-25-52(32-37)38-17-20-41-42(30-38)48(57)53(47(41)56)43-21-22-44(54)50-46(43)55/h3-8,10-13,15-20,30,33,37,43,49H,2,9,14,21-29,31-32H2,1H3,(H,50,54,55)/t37-,43?/m1/s1. The van der Waals surface area contributed by atoms with E-state index in [1.54, 1.807) is 12.1 Å². The van der Waals surface area contributed by atoms with E-state index in [1.807, 2.05) is 6.07 Å². The van der Waals surface area contributed by atoms with Gasteiger partial charge in [-0.25, -0.2) is 0 Å². The average Bonchev–Trinajstić information content (AvgIpc) is 3.51. The lowest BCUT2D eigenvalue weighted by atomic mass is 9.88. The summed E-state index contributed by atoms with van der Waals surface area (Å²) in [7, 11) is 0. The van der Waals surface area contributed by atoms with Crippen LogP contribution < -0.4 is 20.3 Å². The number of hydrogen-bond acceptors (Lipinski definition) is 8. The van der Waals surface area contributed by atoms with E-state index in [1.165, 1.54) is 27.8 Å². The number of carbonyl (C=O) groups is 4. The maximum absolute atomic E-state index is 13.4. The molecule has 4 amide bonds. The number of nitrogens with one attached hydrogen (secondary N) is 2. The van der Waals surface area contributed by atoms with Crippen LogP contribution in [0.25, 0.3) is 11.1 Å². The van der Waals surface area contributed by atoms with Crippen molar-refractivity contribution in [3.63, 3.8) is 0 Å². The molecule has 4 aromatic rings. The first-order valence-corrected chi connectivity index (χ1v) is 21.0. The Morgan fingerprint density at radius 2 is 1.45 bits per heavy atom. The van der Waals surface area contributed by atoms with Crippen LogP contribution in [0, 0.1) is 5.92 Å². The van der Waals surface area contributed by atoms with Gasteiger partial charge in [-0.1, -0.05) is 79.7 Å². The van der Waals surface area contributed by atoms with E-state index in [4.69, 9.17) is 4.74 Å². The molecule has 0 spiro atoms. The molecule has 58 heavy (non-hydrogen) atoms. The minimum Gasteiger partial charge on any atom is -0.492 e. The van der Waals surface area contributed by atoms with Crippen molar-refractivity contribution >= 4 is 40.5 Å². The van der Waals surface area contributed by atoms with E-state index in [9.17, 15) is 19.2 Å². The highest BCUT2D eigenvalue weighted by atomic mass is 16.5. The fourth-order valence-electron chi connectivity index (χ4n) is 9.08. The van der Waals surface area contributed by atoms with Gasteiger partial charge >= 0.3 is 0 Å². The van der Waals surface area contributed by atoms with Crippen molar-refractivity contribution < 1.29 is 23.9 Å². The van der Waals surface area contributed by atoms with E-state index in [2.05, 4.69) is 112 Å². The van der Waals surface area contributed by atoms with Crippen molar-refractivity contribution in [3.05, 3.63) is 131 Å². The van der Waals surface area contributed by atoms with Gasteiger partial charge in [0.25, 0.3) is 11.8 Å². The number of hydrogen-bond donors (Lipinski definition) is 2. The predicted molar refractivity (Wildman–Crippen MR) is 227 cm³/mol. The fourth-order valence-corrected chi connectivity index (χ4v) is 9.08. The van der Waals surface area contributed by atoms with Crippen LogP contribution in [0.4, 0.5) is 5.69 Å². The predicted octanol–water partition coefficient (Wildman–Crippen LogP) is 6.81. The highest BCUT2D eigenvalue weighted by molar-refractivity contribution is 6.23. The Labute approximate surface area is 341 Å². The lowest BCUT2D eigenvalue weighted by molar-refractivity contribution is -0.136. The first kappa shape index (κ1) is 39.3. The molecule has 8 rings (SSSR count). The Morgan fingerprint density at radius 1 is 0.759 bits per heavy atom. The molecule has 10 heteroatoms. The molecule has 0 saturated carbocycles. The molecule has 1 unspecified atom stereocenters. The third kappa shape index (κ3) is 8.63. The average molecular weight is 780 g/mol. The van der Waals surface area contributed by atoms with Crippen LogP contribution in [-0.4, -0.2) is 91.4 Å². The minimum absolute atomic E-state index is 0.104. The second kappa shape index (κ2) is 17.9. The first-order chi connectivity index (χ1) is 28.4. The molecule has 2 atom stereocenters. The second-order valence-electron chi connectivity index (χ2n) is 16.0. The van der Waals surface area contributed by atoms with Crippen molar-refractivity contribution in [2.75, 3.05) is 50.8 Å². The molecule has 0 aliphatic carbocycles. The summed E-state index contributed by atoms with van der Waals surface area (Å²) < 4.78 is 6.26. The molecule has 0 bridgehead atoms. The zero-order valence-corrected chi connectivity index (χ0v) is 33.3. The van der Waals surface area contributed by atoms with Gasteiger partial charge in [0.1, 0.15) is 18.4 Å². The van der Waals surface area contributed by atoms with Gasteiger partial charge in [-0.3, -0.25) is 34.3 Å². The zero-order valence-electron chi connectivity index (χ0n) is 33.3. The largest absolute Gasteiger partial charge is 0.492 e. The number of ether oxygens (including phenoxy) is 1. The van der Waals surface area contributed by atoms with E-state index in [-0.39, 0.29) is 18.7 Å².